The van der Waals surface area contributed by atoms with Crippen molar-refractivity contribution in [3.8, 4) is 12.3 Å². The Morgan fingerprint density at radius 2 is 1.94 bits per heavy atom. The summed E-state index contributed by atoms with van der Waals surface area (Å²) in [5.41, 5.74) is 0. The Morgan fingerprint density at radius 3 is 2.47 bits per heavy atom. The number of amides is 1. The van der Waals surface area contributed by atoms with Crippen molar-refractivity contribution in [3.63, 3.8) is 0 Å². The van der Waals surface area contributed by atoms with Crippen molar-refractivity contribution in [1.29, 1.82) is 0 Å². The Bertz CT molecular complexity index is 259. The van der Waals surface area contributed by atoms with E-state index in [-0.39, 0.29) is 5.91 Å². The second-order valence-corrected chi connectivity index (χ2v) is 5.08. The highest BCUT2D eigenvalue weighted by atomic mass is 16.2. The molecule has 1 aliphatic rings. The smallest absolute Gasteiger partial charge is 0.223 e. The lowest BCUT2D eigenvalue weighted by Crippen LogP contribution is -2.33. The highest BCUT2D eigenvalue weighted by molar-refractivity contribution is 5.76. The van der Waals surface area contributed by atoms with Crippen molar-refractivity contribution < 1.29 is 4.79 Å². The van der Waals surface area contributed by atoms with E-state index in [2.05, 4.69) is 12.8 Å². The minimum atomic E-state index is 0.261. The zero-order valence-corrected chi connectivity index (χ0v) is 11.1. The number of hydrogen-bond donors (Lipinski definition) is 0. The van der Waals surface area contributed by atoms with Gasteiger partial charge in [0.15, 0.2) is 0 Å². The summed E-state index contributed by atoms with van der Waals surface area (Å²) in [7, 11) is 0. The lowest BCUT2D eigenvalue weighted by molar-refractivity contribution is -0.131. The number of nitrogens with zero attached hydrogens (tertiary/aromatic N) is 1. The molecule has 0 heterocycles. The number of carbonyl (C=O) groups excluding carboxylic acids is 1. The maximum atomic E-state index is 12.1. The van der Waals surface area contributed by atoms with Gasteiger partial charge in [-0.05, 0) is 25.2 Å². The first kappa shape index (κ1) is 14.1. The molecule has 1 rings (SSSR count). The van der Waals surface area contributed by atoms with Crippen LogP contribution in [0.4, 0.5) is 0 Å². The largest absolute Gasteiger partial charge is 0.332 e. The van der Waals surface area contributed by atoms with Gasteiger partial charge in [0.25, 0.3) is 0 Å². The summed E-state index contributed by atoms with van der Waals surface area (Å²) < 4.78 is 0. The average molecular weight is 235 g/mol. The molecule has 1 fully saturated rings. The summed E-state index contributed by atoms with van der Waals surface area (Å²) in [6.45, 7) is 3.36. The Hall–Kier alpha value is -0.970. The van der Waals surface area contributed by atoms with Crippen LogP contribution in [0.15, 0.2) is 0 Å². The monoisotopic (exact) mass is 235 g/mol. The molecule has 17 heavy (non-hydrogen) atoms. The van der Waals surface area contributed by atoms with Crippen LogP contribution in [0.5, 0.6) is 0 Å². The third-order valence-electron chi connectivity index (χ3n) is 3.57. The molecule has 0 aliphatic heterocycles. The second kappa shape index (κ2) is 8.17. The lowest BCUT2D eigenvalue weighted by atomic mass is 9.96. The van der Waals surface area contributed by atoms with Gasteiger partial charge in [0.05, 0.1) is 6.54 Å². The van der Waals surface area contributed by atoms with Gasteiger partial charge < -0.3 is 4.90 Å². The molecule has 0 spiro atoms. The van der Waals surface area contributed by atoms with Gasteiger partial charge in [-0.25, -0.2) is 0 Å². The van der Waals surface area contributed by atoms with Crippen LogP contribution in [0.3, 0.4) is 0 Å². The summed E-state index contributed by atoms with van der Waals surface area (Å²) in [4.78, 5) is 14.0. The maximum Gasteiger partial charge on any atom is 0.223 e. The third kappa shape index (κ3) is 5.26. The van der Waals surface area contributed by atoms with Gasteiger partial charge >= 0.3 is 0 Å². The topological polar surface area (TPSA) is 20.3 Å². The van der Waals surface area contributed by atoms with Crippen molar-refractivity contribution in [2.75, 3.05) is 13.1 Å². The van der Waals surface area contributed by atoms with Crippen LogP contribution in [0.2, 0.25) is 0 Å². The Morgan fingerprint density at radius 1 is 1.29 bits per heavy atom. The fraction of sp³-hybridized carbons (Fsp3) is 0.800. The minimum Gasteiger partial charge on any atom is -0.332 e. The van der Waals surface area contributed by atoms with E-state index in [1.807, 2.05) is 4.90 Å². The molecule has 0 aromatic heterocycles. The predicted molar refractivity (Wildman–Crippen MR) is 71.5 cm³/mol. The van der Waals surface area contributed by atoms with Crippen LogP contribution in [0.1, 0.15) is 58.3 Å². The number of carbonyl (C=O) groups is 1. The van der Waals surface area contributed by atoms with Gasteiger partial charge in [-0.1, -0.05) is 38.5 Å². The quantitative estimate of drug-likeness (QED) is 0.529. The zero-order valence-electron chi connectivity index (χ0n) is 11.1. The molecule has 1 saturated carbocycles. The lowest BCUT2D eigenvalue weighted by Gasteiger charge is -2.22. The summed E-state index contributed by atoms with van der Waals surface area (Å²) in [6.07, 6.45) is 14.7. The molecule has 0 atom stereocenters. The average Bonchev–Trinajstić information content (AvgIpc) is 2.57. The Labute approximate surface area is 106 Å². The highest BCUT2D eigenvalue weighted by Gasteiger charge is 2.19. The maximum absolute atomic E-state index is 12.1. The molecule has 2 nitrogen and oxygen atoms in total. The van der Waals surface area contributed by atoms with Gasteiger partial charge in [-0.15, -0.1) is 6.42 Å². The molecule has 0 bridgehead atoms. The molecule has 0 aromatic carbocycles. The first-order valence-corrected chi connectivity index (χ1v) is 6.99. The van der Waals surface area contributed by atoms with Gasteiger partial charge in [-0.2, -0.15) is 0 Å². The fourth-order valence-electron chi connectivity index (χ4n) is 2.62. The van der Waals surface area contributed by atoms with Crippen molar-refractivity contribution in [3.05, 3.63) is 0 Å². The summed E-state index contributed by atoms with van der Waals surface area (Å²) in [6, 6.07) is 0. The van der Waals surface area contributed by atoms with Crippen LogP contribution in [-0.2, 0) is 4.79 Å². The Balaban J connectivity index is 2.41. The Kier molecular flexibility index (Phi) is 6.77. The third-order valence-corrected chi connectivity index (χ3v) is 3.57. The predicted octanol–water partition coefficient (Wildman–Crippen LogP) is 3.22. The van der Waals surface area contributed by atoms with E-state index >= 15 is 0 Å². The number of terminal acetylenes is 1. The van der Waals surface area contributed by atoms with Crippen molar-refractivity contribution in [2.24, 2.45) is 5.92 Å². The molecule has 96 valence electrons. The summed E-state index contributed by atoms with van der Waals surface area (Å²) in [5, 5.41) is 0. The SMILES string of the molecule is C#CCN(CCC)C(=O)CC1CCCCCC1. The summed E-state index contributed by atoms with van der Waals surface area (Å²) >= 11 is 0. The number of rotatable bonds is 5. The van der Waals surface area contributed by atoms with Gasteiger partial charge in [0.1, 0.15) is 0 Å². The van der Waals surface area contributed by atoms with Crippen molar-refractivity contribution in [2.45, 2.75) is 58.3 Å². The zero-order chi connectivity index (χ0) is 12.5. The van der Waals surface area contributed by atoms with Gasteiger partial charge in [0.2, 0.25) is 5.91 Å². The van der Waals surface area contributed by atoms with E-state index < -0.39 is 0 Å². The standard InChI is InChI=1S/C15H25NO/c1-3-11-16(12-4-2)15(17)13-14-9-7-5-6-8-10-14/h1,14H,4-13H2,2H3. The van der Waals surface area contributed by atoms with Gasteiger partial charge in [0, 0.05) is 13.0 Å². The normalized spacial score (nSPS) is 17.2. The molecule has 1 aliphatic carbocycles. The van der Waals surface area contributed by atoms with E-state index in [1.54, 1.807) is 0 Å². The first-order valence-electron chi connectivity index (χ1n) is 6.99. The van der Waals surface area contributed by atoms with Crippen LogP contribution >= 0.6 is 0 Å². The molecule has 1 amide bonds. The highest BCUT2D eigenvalue weighted by Crippen LogP contribution is 2.25. The molecule has 0 aromatic rings. The van der Waals surface area contributed by atoms with Gasteiger partial charge in [-0.3, -0.25) is 4.79 Å². The molecule has 0 unspecified atom stereocenters. The fourth-order valence-corrected chi connectivity index (χ4v) is 2.62. The van der Waals surface area contributed by atoms with Crippen molar-refractivity contribution >= 4 is 5.91 Å². The van der Waals surface area contributed by atoms with E-state index in [0.717, 1.165) is 13.0 Å². The van der Waals surface area contributed by atoms with Crippen LogP contribution in [0.25, 0.3) is 0 Å². The molecule has 0 saturated heterocycles. The van der Waals surface area contributed by atoms with Crippen LogP contribution in [-0.4, -0.2) is 23.9 Å². The molecular formula is C15H25NO. The van der Waals surface area contributed by atoms with E-state index in [4.69, 9.17) is 6.42 Å². The van der Waals surface area contributed by atoms with E-state index in [9.17, 15) is 4.79 Å². The van der Waals surface area contributed by atoms with Crippen LogP contribution < -0.4 is 0 Å². The van der Waals surface area contributed by atoms with E-state index in [0.29, 0.717) is 18.9 Å². The van der Waals surface area contributed by atoms with E-state index in [1.165, 1.54) is 38.5 Å². The summed E-state index contributed by atoms with van der Waals surface area (Å²) in [5.74, 6) is 3.45. The van der Waals surface area contributed by atoms with Crippen molar-refractivity contribution in [1.82, 2.24) is 4.90 Å². The minimum absolute atomic E-state index is 0.261. The molecular weight excluding hydrogens is 210 g/mol. The number of hydrogen-bond acceptors (Lipinski definition) is 1. The molecule has 0 radical (unpaired) electrons. The molecule has 0 N–H and O–H groups in total. The second-order valence-electron chi connectivity index (χ2n) is 5.08. The molecule has 2 heteroatoms. The van der Waals surface area contributed by atoms with Crippen LogP contribution in [0, 0.1) is 18.3 Å². The first-order chi connectivity index (χ1) is 8.27.